The van der Waals surface area contributed by atoms with Gasteiger partial charge in [0.15, 0.2) is 0 Å². The second-order valence-electron chi connectivity index (χ2n) is 1.76. The molecule has 0 aliphatic rings. The zero-order valence-electron chi connectivity index (χ0n) is 8.07. The van der Waals surface area contributed by atoms with Crippen molar-refractivity contribution in [1.82, 2.24) is 0 Å². The standard InChI is InChI=1S/C3H8O.2C2H4O2.Zr/c1-2-3-4;2*1-2(3)4;/h4H,2-3H2,1H3;2*1H3,(H,3,4);. The summed E-state index contributed by atoms with van der Waals surface area (Å²) in [6.07, 6.45) is 0.875. The summed E-state index contributed by atoms with van der Waals surface area (Å²) in [5, 5.41) is 22.7. The van der Waals surface area contributed by atoms with E-state index in [1.807, 2.05) is 6.92 Å². The van der Waals surface area contributed by atoms with Gasteiger partial charge in [0, 0.05) is 46.7 Å². The summed E-state index contributed by atoms with van der Waals surface area (Å²) in [4.78, 5) is 18.0. The van der Waals surface area contributed by atoms with Gasteiger partial charge in [0.2, 0.25) is 0 Å². The molecule has 0 aliphatic carbocycles. The van der Waals surface area contributed by atoms with E-state index in [0.717, 1.165) is 20.3 Å². The van der Waals surface area contributed by atoms with Crippen LogP contribution >= 0.6 is 0 Å². The molecule has 0 aromatic carbocycles. The zero-order chi connectivity index (χ0) is 10.6. The zero-order valence-corrected chi connectivity index (χ0v) is 10.5. The predicted octanol–water partition coefficient (Wildman–Crippen LogP) is 0.568. The molecule has 0 amide bonds. The molecule has 3 N–H and O–H groups in total. The van der Waals surface area contributed by atoms with Crippen LogP contribution in [0.25, 0.3) is 0 Å². The van der Waals surface area contributed by atoms with Crippen molar-refractivity contribution in [1.29, 1.82) is 0 Å². The maximum absolute atomic E-state index is 9.00. The maximum Gasteiger partial charge on any atom is 0.300 e. The molecule has 0 rings (SSSR count). The second-order valence-corrected chi connectivity index (χ2v) is 1.76. The van der Waals surface area contributed by atoms with Crippen LogP contribution in [-0.2, 0) is 35.8 Å². The van der Waals surface area contributed by atoms with E-state index in [-0.39, 0.29) is 26.2 Å². The molecular weight excluding hydrogens is 255 g/mol. The Morgan fingerprint density at radius 1 is 1.08 bits per heavy atom. The number of carboxylic acid groups (broad SMARTS) is 2. The minimum atomic E-state index is -0.833. The van der Waals surface area contributed by atoms with E-state index in [0.29, 0.717) is 6.61 Å². The van der Waals surface area contributed by atoms with Crippen LogP contribution in [0.2, 0.25) is 0 Å². The van der Waals surface area contributed by atoms with Gasteiger partial charge in [-0.3, -0.25) is 9.59 Å². The van der Waals surface area contributed by atoms with Crippen molar-refractivity contribution in [2.45, 2.75) is 27.2 Å². The summed E-state index contributed by atoms with van der Waals surface area (Å²) in [7, 11) is 0. The third-order valence-corrected chi connectivity index (χ3v) is 0.224. The first-order chi connectivity index (χ1) is 5.38. The van der Waals surface area contributed by atoms with Crippen LogP contribution < -0.4 is 0 Å². The van der Waals surface area contributed by atoms with Crippen LogP contribution in [0.5, 0.6) is 0 Å². The number of aliphatic hydroxyl groups excluding tert-OH is 1. The number of carbonyl (C=O) groups is 2. The Morgan fingerprint density at radius 3 is 1.15 bits per heavy atom. The number of aliphatic hydroxyl groups is 1. The third kappa shape index (κ3) is 1840. The summed E-state index contributed by atoms with van der Waals surface area (Å²) in [5.74, 6) is -1.67. The summed E-state index contributed by atoms with van der Waals surface area (Å²) < 4.78 is 0. The van der Waals surface area contributed by atoms with Crippen LogP contribution in [0.4, 0.5) is 0 Å². The van der Waals surface area contributed by atoms with Gasteiger partial charge in [-0.1, -0.05) is 6.92 Å². The molecule has 13 heavy (non-hydrogen) atoms. The molecule has 0 aliphatic heterocycles. The van der Waals surface area contributed by atoms with E-state index in [4.69, 9.17) is 24.9 Å². The molecule has 5 nitrogen and oxygen atoms in total. The van der Waals surface area contributed by atoms with Crippen LogP contribution in [-0.4, -0.2) is 33.9 Å². The van der Waals surface area contributed by atoms with E-state index in [1.54, 1.807) is 0 Å². The van der Waals surface area contributed by atoms with Gasteiger partial charge in [-0.2, -0.15) is 0 Å². The fraction of sp³-hybridized carbons (Fsp3) is 0.714. The Labute approximate surface area is 96.9 Å². The summed E-state index contributed by atoms with van der Waals surface area (Å²) in [6, 6.07) is 0. The Balaban J connectivity index is -0.0000000450. The Kier molecular flexibility index (Phi) is 40.0. The van der Waals surface area contributed by atoms with Crippen LogP contribution in [0.1, 0.15) is 27.2 Å². The molecule has 0 fully saturated rings. The van der Waals surface area contributed by atoms with Gasteiger partial charge in [-0.25, -0.2) is 0 Å². The topological polar surface area (TPSA) is 94.8 Å². The monoisotopic (exact) mass is 270 g/mol. The van der Waals surface area contributed by atoms with Crippen molar-refractivity contribution in [3.63, 3.8) is 0 Å². The van der Waals surface area contributed by atoms with Crippen molar-refractivity contribution in [3.05, 3.63) is 0 Å². The van der Waals surface area contributed by atoms with Crippen molar-refractivity contribution < 1.29 is 51.1 Å². The van der Waals surface area contributed by atoms with Gasteiger partial charge in [-0.05, 0) is 6.42 Å². The van der Waals surface area contributed by atoms with E-state index in [9.17, 15) is 0 Å². The van der Waals surface area contributed by atoms with E-state index in [1.165, 1.54) is 0 Å². The molecule has 0 aromatic rings. The molecular formula is C7H16O5Zr. The molecule has 6 heteroatoms. The first-order valence-corrected chi connectivity index (χ1v) is 3.38. The van der Waals surface area contributed by atoms with E-state index >= 15 is 0 Å². The van der Waals surface area contributed by atoms with Crippen LogP contribution in [0.3, 0.4) is 0 Å². The minimum Gasteiger partial charge on any atom is -0.481 e. The predicted molar refractivity (Wildman–Crippen MR) is 44.0 cm³/mol. The number of hydrogen-bond acceptors (Lipinski definition) is 3. The Hall–Kier alpha value is -0.217. The van der Waals surface area contributed by atoms with Gasteiger partial charge >= 0.3 is 0 Å². The number of aliphatic carboxylic acids is 2. The van der Waals surface area contributed by atoms with Crippen LogP contribution in [0, 0.1) is 0 Å². The molecule has 0 atom stereocenters. The smallest absolute Gasteiger partial charge is 0.300 e. The SMILES string of the molecule is CC(=O)O.CC(=O)O.CCCO.[Zr]. The molecule has 0 saturated carbocycles. The summed E-state index contributed by atoms with van der Waals surface area (Å²) in [6.45, 7) is 4.42. The first-order valence-electron chi connectivity index (χ1n) is 3.38. The van der Waals surface area contributed by atoms with E-state index in [2.05, 4.69) is 0 Å². The molecule has 78 valence electrons. The summed E-state index contributed by atoms with van der Waals surface area (Å²) in [5.41, 5.74) is 0. The quantitative estimate of drug-likeness (QED) is 0.648. The summed E-state index contributed by atoms with van der Waals surface area (Å²) >= 11 is 0. The average molecular weight is 271 g/mol. The molecule has 0 spiro atoms. The van der Waals surface area contributed by atoms with Crippen molar-refractivity contribution >= 4 is 11.9 Å². The Bertz CT molecular complexity index is 93.5. The fourth-order valence-corrected chi connectivity index (χ4v) is 0. The van der Waals surface area contributed by atoms with Crippen molar-refractivity contribution in [2.24, 2.45) is 0 Å². The van der Waals surface area contributed by atoms with Gasteiger partial charge in [0.25, 0.3) is 11.9 Å². The second kappa shape index (κ2) is 22.6. The fourth-order valence-electron chi connectivity index (χ4n) is 0. The third-order valence-electron chi connectivity index (χ3n) is 0.224. The molecule has 0 saturated heterocycles. The maximum atomic E-state index is 9.00. The number of hydrogen-bond donors (Lipinski definition) is 3. The number of carboxylic acids is 2. The molecule has 0 bridgehead atoms. The van der Waals surface area contributed by atoms with E-state index < -0.39 is 11.9 Å². The molecule has 0 unspecified atom stereocenters. The van der Waals surface area contributed by atoms with Crippen molar-refractivity contribution in [2.75, 3.05) is 6.61 Å². The molecule has 0 aromatic heterocycles. The van der Waals surface area contributed by atoms with Crippen LogP contribution in [0.15, 0.2) is 0 Å². The minimum absolute atomic E-state index is 0. The van der Waals surface area contributed by atoms with Gasteiger partial charge in [-0.15, -0.1) is 0 Å². The normalized spacial score (nSPS) is 6.15. The van der Waals surface area contributed by atoms with Gasteiger partial charge in [0.05, 0.1) is 0 Å². The largest absolute Gasteiger partial charge is 0.481 e. The van der Waals surface area contributed by atoms with Gasteiger partial charge in [0.1, 0.15) is 0 Å². The molecule has 0 heterocycles. The first kappa shape index (κ1) is 23.0. The van der Waals surface area contributed by atoms with Gasteiger partial charge < -0.3 is 15.3 Å². The average Bonchev–Trinajstić information content (AvgIpc) is 1.85. The number of rotatable bonds is 1. The van der Waals surface area contributed by atoms with Crippen molar-refractivity contribution in [3.8, 4) is 0 Å². The Morgan fingerprint density at radius 2 is 1.15 bits per heavy atom. The molecule has 0 radical (unpaired) electrons.